The molecule has 1 fully saturated rings. The molecule has 1 saturated heterocycles. The van der Waals surface area contributed by atoms with Crippen LogP contribution in [0.15, 0.2) is 55.1 Å². The van der Waals surface area contributed by atoms with Crippen LogP contribution in [0.25, 0.3) is 11.0 Å². The molecular weight excluding hydrogens is 507 g/mol. The predicted octanol–water partition coefficient (Wildman–Crippen LogP) is 5.39. The van der Waals surface area contributed by atoms with E-state index in [0.717, 1.165) is 29.4 Å². The molecule has 0 bridgehead atoms. The summed E-state index contributed by atoms with van der Waals surface area (Å²) in [5, 5.41) is 7.69. The summed E-state index contributed by atoms with van der Waals surface area (Å²) in [6, 6.07) is 12.8. The molecule has 2 unspecified atom stereocenters. The number of nitrogens with one attached hydrogen (secondary N) is 2. The standard InChI is InChI=1S/C15H17Cl2N3O2.C9H9N3O2/c1-2-3-12-7-21-15(22-12,8-20-10-18-9-19-20)13-5-4-11(16)6-14(13)17;1-14-9(13)12-8-10-6-4-2-3-5-7(6)11-8/h4-6,9-10,12H,2-3,7-8H2,1H3;2-5H,1H3,(H2,10,11,12,13). The van der Waals surface area contributed by atoms with Crippen LogP contribution >= 0.6 is 23.2 Å². The lowest BCUT2D eigenvalue weighted by molar-refractivity contribution is -0.189. The van der Waals surface area contributed by atoms with Crippen LogP contribution in [0.3, 0.4) is 0 Å². The van der Waals surface area contributed by atoms with Crippen LogP contribution in [0.4, 0.5) is 10.7 Å². The number of benzene rings is 2. The highest BCUT2D eigenvalue weighted by Crippen LogP contribution is 2.41. The van der Waals surface area contributed by atoms with Crippen molar-refractivity contribution in [1.29, 1.82) is 0 Å². The molecule has 0 aliphatic carbocycles. The minimum absolute atomic E-state index is 0.0419. The number of imidazole rings is 1. The summed E-state index contributed by atoms with van der Waals surface area (Å²) in [4.78, 5) is 21.9. The lowest BCUT2D eigenvalue weighted by atomic mass is 10.1. The molecule has 0 radical (unpaired) electrons. The number of aromatic nitrogens is 5. The van der Waals surface area contributed by atoms with Gasteiger partial charge < -0.3 is 19.2 Å². The second kappa shape index (κ2) is 11.7. The normalized spacial score (nSPS) is 19.1. The highest BCUT2D eigenvalue weighted by Gasteiger charge is 2.45. The molecule has 2 N–H and O–H groups in total. The number of rotatable bonds is 6. The topological polar surface area (TPSA) is 116 Å². The molecule has 0 spiro atoms. The number of fused-ring (bicyclic) bond motifs is 1. The van der Waals surface area contributed by atoms with Gasteiger partial charge in [-0.1, -0.05) is 54.7 Å². The van der Waals surface area contributed by atoms with Crippen molar-refractivity contribution in [1.82, 2.24) is 24.7 Å². The van der Waals surface area contributed by atoms with Crippen LogP contribution in [-0.4, -0.2) is 50.6 Å². The van der Waals surface area contributed by atoms with E-state index in [2.05, 4.69) is 37.0 Å². The third-order valence-electron chi connectivity index (χ3n) is 5.44. The molecule has 2 aromatic carbocycles. The van der Waals surface area contributed by atoms with Gasteiger partial charge >= 0.3 is 6.09 Å². The van der Waals surface area contributed by atoms with E-state index in [-0.39, 0.29) is 6.10 Å². The summed E-state index contributed by atoms with van der Waals surface area (Å²) in [6.45, 7) is 3.03. The summed E-state index contributed by atoms with van der Waals surface area (Å²) in [7, 11) is 1.30. The highest BCUT2D eigenvalue weighted by atomic mass is 35.5. The quantitative estimate of drug-likeness (QED) is 0.341. The number of halogens is 2. The first-order valence-corrected chi connectivity index (χ1v) is 12.1. The Morgan fingerprint density at radius 2 is 2.14 bits per heavy atom. The molecule has 1 amide bonds. The number of aromatic amines is 1. The lowest BCUT2D eigenvalue weighted by Gasteiger charge is -2.29. The monoisotopic (exact) mass is 532 g/mol. The predicted molar refractivity (Wildman–Crippen MR) is 136 cm³/mol. The van der Waals surface area contributed by atoms with Crippen molar-refractivity contribution in [2.75, 3.05) is 19.0 Å². The maximum absolute atomic E-state index is 10.9. The summed E-state index contributed by atoms with van der Waals surface area (Å²) in [6.07, 6.45) is 4.58. The second-order valence-electron chi connectivity index (χ2n) is 8.03. The number of hydrogen-bond donors (Lipinski definition) is 2. The van der Waals surface area contributed by atoms with E-state index in [1.807, 2.05) is 30.3 Å². The first-order valence-electron chi connectivity index (χ1n) is 11.3. The van der Waals surface area contributed by atoms with Crippen LogP contribution in [0.2, 0.25) is 10.0 Å². The number of carbonyl (C=O) groups excluding carboxylic acids is 1. The Kier molecular flexibility index (Phi) is 8.42. The van der Waals surface area contributed by atoms with Crippen molar-refractivity contribution in [3.8, 4) is 0 Å². The van der Waals surface area contributed by atoms with Gasteiger partial charge in [-0.25, -0.2) is 19.4 Å². The molecule has 10 nitrogen and oxygen atoms in total. The summed E-state index contributed by atoms with van der Waals surface area (Å²) < 4.78 is 18.4. The third-order valence-corrected chi connectivity index (χ3v) is 5.99. The Morgan fingerprint density at radius 1 is 1.31 bits per heavy atom. The average Bonchev–Trinajstić information content (AvgIpc) is 3.60. The molecule has 12 heteroatoms. The van der Waals surface area contributed by atoms with Crippen molar-refractivity contribution >= 4 is 46.3 Å². The lowest BCUT2D eigenvalue weighted by Crippen LogP contribution is -2.34. The van der Waals surface area contributed by atoms with Crippen LogP contribution in [0.5, 0.6) is 0 Å². The third kappa shape index (κ3) is 6.14. The molecule has 1 aliphatic rings. The smallest absolute Gasteiger partial charge is 0.413 e. The summed E-state index contributed by atoms with van der Waals surface area (Å²) >= 11 is 12.4. The highest BCUT2D eigenvalue weighted by molar-refractivity contribution is 6.35. The Balaban J connectivity index is 0.000000187. The summed E-state index contributed by atoms with van der Waals surface area (Å²) in [5.74, 6) is -0.576. The SMILES string of the molecule is CCCC1COC(Cn2cncn2)(c2ccc(Cl)cc2Cl)O1.COC(=O)Nc1nc2ccccc2[nH]1. The van der Waals surface area contributed by atoms with Gasteiger partial charge in [-0.3, -0.25) is 5.32 Å². The van der Waals surface area contributed by atoms with Gasteiger partial charge in [0, 0.05) is 10.6 Å². The minimum Gasteiger partial charge on any atom is -0.453 e. The van der Waals surface area contributed by atoms with Gasteiger partial charge in [0.05, 0.1) is 35.9 Å². The fourth-order valence-electron chi connectivity index (χ4n) is 3.82. The molecule has 4 aromatic rings. The zero-order chi connectivity index (χ0) is 25.5. The number of nitrogens with zero attached hydrogens (tertiary/aromatic N) is 4. The van der Waals surface area contributed by atoms with Crippen molar-refractivity contribution in [2.45, 2.75) is 38.2 Å². The van der Waals surface area contributed by atoms with Crippen LogP contribution < -0.4 is 5.32 Å². The van der Waals surface area contributed by atoms with E-state index in [4.69, 9.17) is 32.7 Å². The molecular formula is C24H26Cl2N6O4. The van der Waals surface area contributed by atoms with Gasteiger partial charge in [0.15, 0.2) is 0 Å². The molecule has 0 saturated carbocycles. The maximum Gasteiger partial charge on any atom is 0.413 e. The number of para-hydroxylation sites is 2. The van der Waals surface area contributed by atoms with E-state index < -0.39 is 11.9 Å². The molecule has 2 atom stereocenters. The Labute approximate surface area is 217 Å². The van der Waals surface area contributed by atoms with Crippen LogP contribution in [0, 0.1) is 0 Å². The first-order chi connectivity index (χ1) is 17.4. The van der Waals surface area contributed by atoms with Gasteiger partial charge in [0.25, 0.3) is 0 Å². The van der Waals surface area contributed by atoms with Crippen molar-refractivity contribution in [3.63, 3.8) is 0 Å². The van der Waals surface area contributed by atoms with E-state index in [1.54, 1.807) is 23.1 Å². The number of carbonyl (C=O) groups is 1. The van der Waals surface area contributed by atoms with Crippen LogP contribution in [-0.2, 0) is 26.5 Å². The second-order valence-corrected chi connectivity index (χ2v) is 8.87. The molecule has 2 aromatic heterocycles. The van der Waals surface area contributed by atoms with Gasteiger partial charge in [0.1, 0.15) is 19.2 Å². The minimum atomic E-state index is -0.963. The first kappa shape index (κ1) is 25.9. The zero-order valence-corrected chi connectivity index (χ0v) is 21.3. The number of methoxy groups -OCH3 is 1. The molecule has 3 heterocycles. The van der Waals surface area contributed by atoms with Crippen LogP contribution in [0.1, 0.15) is 25.3 Å². The number of hydrogen-bond acceptors (Lipinski definition) is 7. The fraction of sp³-hybridized carbons (Fsp3) is 0.333. The largest absolute Gasteiger partial charge is 0.453 e. The zero-order valence-electron chi connectivity index (χ0n) is 19.8. The van der Waals surface area contributed by atoms with Crippen molar-refractivity contribution in [2.24, 2.45) is 0 Å². The molecule has 1 aliphatic heterocycles. The van der Waals surface area contributed by atoms with Gasteiger partial charge in [-0.2, -0.15) is 5.10 Å². The molecule has 190 valence electrons. The van der Waals surface area contributed by atoms with E-state index in [1.165, 1.54) is 13.4 Å². The number of H-pyrrole nitrogens is 1. The van der Waals surface area contributed by atoms with Crippen molar-refractivity contribution in [3.05, 3.63) is 70.7 Å². The Hall–Kier alpha value is -3.18. The summed E-state index contributed by atoms with van der Waals surface area (Å²) in [5.41, 5.74) is 2.44. The number of amides is 1. The maximum atomic E-state index is 10.9. The van der Waals surface area contributed by atoms with Gasteiger partial charge in [-0.15, -0.1) is 0 Å². The van der Waals surface area contributed by atoms with E-state index in [0.29, 0.717) is 29.1 Å². The number of anilines is 1. The van der Waals surface area contributed by atoms with E-state index in [9.17, 15) is 4.79 Å². The van der Waals surface area contributed by atoms with E-state index >= 15 is 0 Å². The Morgan fingerprint density at radius 3 is 2.83 bits per heavy atom. The molecule has 5 rings (SSSR count). The van der Waals surface area contributed by atoms with Gasteiger partial charge in [-0.05, 0) is 30.7 Å². The number of ether oxygens (including phenoxy) is 3. The Bertz CT molecular complexity index is 1270. The fourth-order valence-corrected chi connectivity index (χ4v) is 4.38. The van der Waals surface area contributed by atoms with Gasteiger partial charge in [0.2, 0.25) is 11.7 Å². The molecule has 36 heavy (non-hydrogen) atoms. The van der Waals surface area contributed by atoms with Crippen molar-refractivity contribution < 1.29 is 19.0 Å². The average molecular weight is 533 g/mol.